The third-order valence-corrected chi connectivity index (χ3v) is 3.84. The zero-order valence-corrected chi connectivity index (χ0v) is 15.3. The van der Waals surface area contributed by atoms with E-state index in [9.17, 15) is 4.79 Å². The molecule has 0 spiro atoms. The maximum Gasteiger partial charge on any atom is 0.319 e. The maximum atomic E-state index is 11.7. The van der Waals surface area contributed by atoms with Crippen molar-refractivity contribution in [1.29, 1.82) is 0 Å². The fourth-order valence-electron chi connectivity index (χ4n) is 2.56. The number of carbonyl (C=O) groups is 1. The fraction of sp³-hybridized carbons (Fsp3) is 0.556. The number of rotatable bonds is 6. The normalized spacial score (nSPS) is 17.4. The number of hydrogen-bond donors (Lipinski definition) is 4. The number of aliphatic imine (C=N–C) groups is 1. The van der Waals surface area contributed by atoms with Crippen LogP contribution in [0.3, 0.4) is 0 Å². The highest BCUT2D eigenvalue weighted by Gasteiger charge is 2.15. The van der Waals surface area contributed by atoms with E-state index in [4.69, 9.17) is 4.74 Å². The number of nitrogens with zero attached hydrogens (tertiary/aromatic N) is 1. The Morgan fingerprint density at radius 3 is 2.64 bits per heavy atom. The van der Waals surface area contributed by atoms with Crippen LogP contribution in [-0.2, 0) is 11.3 Å². The van der Waals surface area contributed by atoms with Crippen LogP contribution in [0, 0.1) is 0 Å². The van der Waals surface area contributed by atoms with E-state index in [1.807, 2.05) is 38.1 Å². The molecular weight excluding hydrogens is 318 g/mol. The Morgan fingerprint density at radius 1 is 1.28 bits per heavy atom. The highest BCUT2D eigenvalue weighted by atomic mass is 16.5. The van der Waals surface area contributed by atoms with Crippen molar-refractivity contribution in [1.82, 2.24) is 16.0 Å². The van der Waals surface area contributed by atoms with Crippen LogP contribution in [0.15, 0.2) is 29.3 Å². The van der Waals surface area contributed by atoms with Crippen LogP contribution in [0.25, 0.3) is 0 Å². The lowest BCUT2D eigenvalue weighted by molar-refractivity contribution is 0.114. The number of ether oxygens (including phenoxy) is 1. The lowest BCUT2D eigenvalue weighted by Gasteiger charge is -2.15. The molecule has 1 aromatic rings. The molecule has 0 aliphatic carbocycles. The van der Waals surface area contributed by atoms with Crippen LogP contribution in [0.1, 0.15) is 32.3 Å². The molecular formula is C18H29N5O2. The number of amides is 2. The molecule has 25 heavy (non-hydrogen) atoms. The summed E-state index contributed by atoms with van der Waals surface area (Å²) in [6, 6.07) is 7.65. The Labute approximate surface area is 149 Å². The van der Waals surface area contributed by atoms with Gasteiger partial charge in [-0.1, -0.05) is 12.1 Å². The predicted molar refractivity (Wildman–Crippen MR) is 101 cm³/mol. The van der Waals surface area contributed by atoms with Gasteiger partial charge in [0.2, 0.25) is 0 Å². The van der Waals surface area contributed by atoms with Crippen molar-refractivity contribution in [3.8, 4) is 0 Å². The molecule has 1 aliphatic rings. The Bertz CT molecular complexity index is 565. The van der Waals surface area contributed by atoms with Gasteiger partial charge in [0, 0.05) is 38.5 Å². The monoisotopic (exact) mass is 347 g/mol. The summed E-state index contributed by atoms with van der Waals surface area (Å²) in [5.74, 6) is 0.758. The lowest BCUT2D eigenvalue weighted by Crippen LogP contribution is -2.40. The molecule has 0 radical (unpaired) electrons. The van der Waals surface area contributed by atoms with E-state index < -0.39 is 0 Å². The SMILES string of the molecule is CN=C(NCc1ccc(NC(=O)NC(C)C)cc1)NCC1CCCO1. The van der Waals surface area contributed by atoms with Gasteiger partial charge in [0.1, 0.15) is 0 Å². The van der Waals surface area contributed by atoms with Gasteiger partial charge < -0.3 is 26.0 Å². The minimum atomic E-state index is -0.195. The van der Waals surface area contributed by atoms with Crippen molar-refractivity contribution < 1.29 is 9.53 Å². The fourth-order valence-corrected chi connectivity index (χ4v) is 2.56. The first-order valence-corrected chi connectivity index (χ1v) is 8.79. The van der Waals surface area contributed by atoms with Gasteiger partial charge in [-0.05, 0) is 44.4 Å². The molecule has 4 N–H and O–H groups in total. The maximum absolute atomic E-state index is 11.7. The van der Waals surface area contributed by atoms with Gasteiger partial charge in [-0.15, -0.1) is 0 Å². The van der Waals surface area contributed by atoms with Gasteiger partial charge in [0.25, 0.3) is 0 Å². The molecule has 2 amide bonds. The van der Waals surface area contributed by atoms with E-state index in [0.717, 1.165) is 43.2 Å². The molecule has 7 heteroatoms. The quantitative estimate of drug-likeness (QED) is 0.469. The number of anilines is 1. The van der Waals surface area contributed by atoms with Gasteiger partial charge in [0.05, 0.1) is 6.10 Å². The molecule has 1 atom stereocenters. The summed E-state index contributed by atoms with van der Waals surface area (Å²) in [7, 11) is 1.76. The molecule has 1 saturated heterocycles. The average molecular weight is 347 g/mol. The van der Waals surface area contributed by atoms with Crippen molar-refractivity contribution in [2.24, 2.45) is 4.99 Å². The Balaban J connectivity index is 1.74. The Kier molecular flexibility index (Phi) is 7.53. The molecule has 1 aromatic carbocycles. The van der Waals surface area contributed by atoms with Crippen molar-refractivity contribution in [2.75, 3.05) is 25.5 Å². The molecule has 0 saturated carbocycles. The number of urea groups is 1. The van der Waals surface area contributed by atoms with Crippen LogP contribution < -0.4 is 21.3 Å². The Hall–Kier alpha value is -2.28. The molecule has 0 aromatic heterocycles. The van der Waals surface area contributed by atoms with E-state index in [1.165, 1.54) is 0 Å². The summed E-state index contributed by atoms with van der Waals surface area (Å²) in [5, 5.41) is 12.2. The summed E-state index contributed by atoms with van der Waals surface area (Å²) in [4.78, 5) is 15.9. The van der Waals surface area contributed by atoms with Crippen LogP contribution in [0.4, 0.5) is 10.5 Å². The standard InChI is InChI=1S/C18H29N5O2/c1-13(2)22-18(24)23-15-8-6-14(7-9-15)11-20-17(19-3)21-12-16-5-4-10-25-16/h6-9,13,16H,4-5,10-12H2,1-3H3,(H2,19,20,21)(H2,22,23,24). The van der Waals surface area contributed by atoms with E-state index in [2.05, 4.69) is 26.3 Å². The number of guanidine groups is 1. The number of carbonyl (C=O) groups excluding carboxylic acids is 1. The summed E-state index contributed by atoms with van der Waals surface area (Å²) < 4.78 is 5.59. The van der Waals surface area contributed by atoms with Gasteiger partial charge in [-0.3, -0.25) is 4.99 Å². The van der Waals surface area contributed by atoms with Crippen LogP contribution in [0.5, 0.6) is 0 Å². The van der Waals surface area contributed by atoms with E-state index in [1.54, 1.807) is 7.05 Å². The second-order valence-corrected chi connectivity index (χ2v) is 6.39. The largest absolute Gasteiger partial charge is 0.376 e. The van der Waals surface area contributed by atoms with Crippen LogP contribution >= 0.6 is 0 Å². The minimum absolute atomic E-state index is 0.109. The molecule has 1 fully saturated rings. The molecule has 138 valence electrons. The second kappa shape index (κ2) is 9.88. The van der Waals surface area contributed by atoms with E-state index >= 15 is 0 Å². The number of nitrogens with one attached hydrogen (secondary N) is 4. The first kappa shape index (κ1) is 19.1. The topological polar surface area (TPSA) is 86.8 Å². The molecule has 1 heterocycles. The summed E-state index contributed by atoms with van der Waals surface area (Å²) in [6.45, 7) is 6.13. The van der Waals surface area contributed by atoms with Crippen molar-refractivity contribution in [3.63, 3.8) is 0 Å². The van der Waals surface area contributed by atoms with Gasteiger partial charge >= 0.3 is 6.03 Å². The van der Waals surface area contributed by atoms with E-state index in [0.29, 0.717) is 6.54 Å². The van der Waals surface area contributed by atoms with Crippen LogP contribution in [0.2, 0.25) is 0 Å². The van der Waals surface area contributed by atoms with Gasteiger partial charge in [-0.2, -0.15) is 0 Å². The first-order chi connectivity index (χ1) is 12.1. The number of benzene rings is 1. The first-order valence-electron chi connectivity index (χ1n) is 8.79. The summed E-state index contributed by atoms with van der Waals surface area (Å²) in [5.41, 5.74) is 1.87. The molecule has 7 nitrogen and oxygen atoms in total. The zero-order valence-electron chi connectivity index (χ0n) is 15.3. The van der Waals surface area contributed by atoms with Crippen LogP contribution in [-0.4, -0.2) is 44.3 Å². The average Bonchev–Trinajstić information content (AvgIpc) is 3.09. The minimum Gasteiger partial charge on any atom is -0.376 e. The third kappa shape index (κ3) is 7.01. The smallest absolute Gasteiger partial charge is 0.319 e. The van der Waals surface area contributed by atoms with Crippen molar-refractivity contribution >= 4 is 17.7 Å². The highest BCUT2D eigenvalue weighted by Crippen LogP contribution is 2.11. The molecule has 1 aliphatic heterocycles. The third-order valence-electron chi connectivity index (χ3n) is 3.84. The molecule has 0 bridgehead atoms. The second-order valence-electron chi connectivity index (χ2n) is 6.39. The Morgan fingerprint density at radius 2 is 2.04 bits per heavy atom. The van der Waals surface area contributed by atoms with Gasteiger partial charge in [0.15, 0.2) is 5.96 Å². The van der Waals surface area contributed by atoms with Crippen molar-refractivity contribution in [3.05, 3.63) is 29.8 Å². The lowest BCUT2D eigenvalue weighted by atomic mass is 10.2. The van der Waals surface area contributed by atoms with E-state index in [-0.39, 0.29) is 18.2 Å². The summed E-state index contributed by atoms with van der Waals surface area (Å²) in [6.07, 6.45) is 2.51. The zero-order chi connectivity index (χ0) is 18.1. The molecule has 2 rings (SSSR count). The highest BCUT2D eigenvalue weighted by molar-refractivity contribution is 5.89. The number of hydrogen-bond acceptors (Lipinski definition) is 3. The predicted octanol–water partition coefficient (Wildman–Crippen LogP) is 2.06. The van der Waals surface area contributed by atoms with Crippen molar-refractivity contribution in [2.45, 2.75) is 45.4 Å². The van der Waals surface area contributed by atoms with Gasteiger partial charge in [-0.25, -0.2) is 4.79 Å². The molecule has 1 unspecified atom stereocenters. The summed E-state index contributed by atoms with van der Waals surface area (Å²) >= 11 is 0.